The van der Waals surface area contributed by atoms with E-state index in [-0.39, 0.29) is 18.3 Å². The lowest BCUT2D eigenvalue weighted by molar-refractivity contribution is -0.139. The molecule has 2 aromatic rings. The van der Waals surface area contributed by atoms with Gasteiger partial charge in [0, 0.05) is 17.5 Å². The molecule has 0 radical (unpaired) electrons. The number of esters is 1. The van der Waals surface area contributed by atoms with Crippen molar-refractivity contribution >= 4 is 11.9 Å². The van der Waals surface area contributed by atoms with Crippen molar-refractivity contribution in [1.29, 1.82) is 0 Å². The van der Waals surface area contributed by atoms with Crippen molar-refractivity contribution in [2.45, 2.75) is 19.3 Å². The van der Waals surface area contributed by atoms with Gasteiger partial charge in [-0.2, -0.15) is 0 Å². The number of carboxylic acids is 1. The van der Waals surface area contributed by atoms with E-state index < -0.39 is 12.6 Å². The van der Waals surface area contributed by atoms with Gasteiger partial charge in [-0.1, -0.05) is 12.1 Å². The quantitative estimate of drug-likeness (QED) is 0.590. The zero-order valence-electron chi connectivity index (χ0n) is 15.1. The molecule has 0 spiro atoms. The molecule has 0 aromatic heterocycles. The van der Waals surface area contributed by atoms with Gasteiger partial charge in [0.1, 0.15) is 11.5 Å². The molecular formula is C20H20O7. The molecule has 2 aromatic carbocycles. The van der Waals surface area contributed by atoms with Crippen LogP contribution in [0, 0.1) is 0 Å². The lowest BCUT2D eigenvalue weighted by Crippen LogP contribution is -2.21. The zero-order valence-corrected chi connectivity index (χ0v) is 15.1. The number of methoxy groups -OCH3 is 1. The number of aliphatic carboxylic acids is 1. The van der Waals surface area contributed by atoms with Crippen LogP contribution in [-0.4, -0.2) is 37.4 Å². The topological polar surface area (TPSA) is 91.3 Å². The summed E-state index contributed by atoms with van der Waals surface area (Å²) in [5.41, 5.74) is 1.72. The minimum atomic E-state index is -1.08. The number of carboxylic acid groups (broad SMARTS) is 1. The first-order chi connectivity index (χ1) is 13.0. The number of ether oxygens (including phenoxy) is 4. The molecule has 1 atom stereocenters. The van der Waals surface area contributed by atoms with Gasteiger partial charge in [0.25, 0.3) is 0 Å². The highest BCUT2D eigenvalue weighted by Crippen LogP contribution is 2.42. The number of carbonyl (C=O) groups is 2. The molecule has 0 saturated heterocycles. The number of carbonyl (C=O) groups excluding carboxylic acids is 1. The zero-order chi connectivity index (χ0) is 19.4. The van der Waals surface area contributed by atoms with Crippen molar-refractivity contribution in [3.8, 4) is 23.0 Å². The van der Waals surface area contributed by atoms with Gasteiger partial charge in [0.05, 0.1) is 20.1 Å². The summed E-state index contributed by atoms with van der Waals surface area (Å²) in [5.74, 6) is 0.277. The van der Waals surface area contributed by atoms with Crippen LogP contribution in [0.25, 0.3) is 0 Å². The van der Waals surface area contributed by atoms with Crippen molar-refractivity contribution in [2.24, 2.45) is 0 Å². The molecule has 1 aliphatic heterocycles. The summed E-state index contributed by atoms with van der Waals surface area (Å²) in [4.78, 5) is 22.8. The third kappa shape index (κ3) is 4.13. The van der Waals surface area contributed by atoms with Crippen molar-refractivity contribution in [2.75, 3.05) is 20.3 Å². The van der Waals surface area contributed by atoms with Crippen LogP contribution in [0.3, 0.4) is 0 Å². The van der Waals surface area contributed by atoms with E-state index >= 15 is 0 Å². The minimum absolute atomic E-state index is 0.195. The van der Waals surface area contributed by atoms with Crippen molar-refractivity contribution in [1.82, 2.24) is 0 Å². The molecule has 1 aliphatic rings. The Balaban J connectivity index is 1.95. The van der Waals surface area contributed by atoms with E-state index in [1.807, 2.05) is 25.1 Å². The number of benzene rings is 2. The van der Waals surface area contributed by atoms with Gasteiger partial charge in [-0.15, -0.1) is 0 Å². The number of hydrogen-bond donors (Lipinski definition) is 1. The van der Waals surface area contributed by atoms with Gasteiger partial charge in [-0.25, -0.2) is 4.79 Å². The highest BCUT2D eigenvalue weighted by molar-refractivity contribution is 5.78. The monoisotopic (exact) mass is 372 g/mol. The van der Waals surface area contributed by atoms with Gasteiger partial charge < -0.3 is 24.1 Å². The molecular weight excluding hydrogens is 352 g/mol. The van der Waals surface area contributed by atoms with E-state index in [2.05, 4.69) is 0 Å². The second kappa shape index (κ2) is 7.99. The number of rotatable bonds is 7. The van der Waals surface area contributed by atoms with E-state index in [9.17, 15) is 9.59 Å². The number of hydrogen-bond acceptors (Lipinski definition) is 6. The molecule has 1 unspecified atom stereocenters. The van der Waals surface area contributed by atoms with Gasteiger partial charge in [0.15, 0.2) is 18.1 Å². The third-order valence-electron chi connectivity index (χ3n) is 4.21. The average Bonchev–Trinajstić information content (AvgIpc) is 2.65. The number of fused-ring (bicyclic) bond motifs is 1. The van der Waals surface area contributed by atoms with Crippen LogP contribution in [0.4, 0.5) is 0 Å². The third-order valence-corrected chi connectivity index (χ3v) is 4.21. The Morgan fingerprint density at radius 3 is 2.70 bits per heavy atom. The lowest BCUT2D eigenvalue weighted by atomic mass is 9.86. The lowest BCUT2D eigenvalue weighted by Gasteiger charge is -2.26. The van der Waals surface area contributed by atoms with Gasteiger partial charge in [-0.3, -0.25) is 4.79 Å². The van der Waals surface area contributed by atoms with Crippen LogP contribution >= 0.6 is 0 Å². The molecule has 0 saturated carbocycles. The Morgan fingerprint density at radius 2 is 2.00 bits per heavy atom. The second-order valence-corrected chi connectivity index (χ2v) is 5.96. The predicted molar refractivity (Wildman–Crippen MR) is 95.8 cm³/mol. The summed E-state index contributed by atoms with van der Waals surface area (Å²) < 4.78 is 21.4. The van der Waals surface area contributed by atoms with Crippen LogP contribution < -0.4 is 18.9 Å². The maximum Gasteiger partial charge on any atom is 0.341 e. The Bertz CT molecular complexity index is 859. The molecule has 0 fully saturated rings. The fourth-order valence-corrected chi connectivity index (χ4v) is 3.04. The summed E-state index contributed by atoms with van der Waals surface area (Å²) in [7, 11) is 1.57. The molecule has 7 heteroatoms. The van der Waals surface area contributed by atoms with Gasteiger partial charge in [-0.05, 0) is 30.7 Å². The molecule has 0 amide bonds. The van der Waals surface area contributed by atoms with E-state index in [0.29, 0.717) is 29.6 Å². The first-order valence-electron chi connectivity index (χ1n) is 8.51. The van der Waals surface area contributed by atoms with E-state index in [0.717, 1.165) is 11.1 Å². The SMILES string of the molecule is CCOc1cc(C2CC(=O)Oc3cc(OCC(=O)O)ccc32)ccc1OC. The fourth-order valence-electron chi connectivity index (χ4n) is 3.04. The van der Waals surface area contributed by atoms with Crippen molar-refractivity contribution < 1.29 is 33.6 Å². The first kappa shape index (κ1) is 18.6. The Hall–Kier alpha value is -3.22. The minimum Gasteiger partial charge on any atom is -0.493 e. The fraction of sp³-hybridized carbons (Fsp3) is 0.300. The maximum absolute atomic E-state index is 12.1. The van der Waals surface area contributed by atoms with Gasteiger partial charge >= 0.3 is 11.9 Å². The molecule has 1 N–H and O–H groups in total. The van der Waals surface area contributed by atoms with Crippen LogP contribution in [0.5, 0.6) is 23.0 Å². The van der Waals surface area contributed by atoms with Crippen molar-refractivity contribution in [3.63, 3.8) is 0 Å². The Kier molecular flexibility index (Phi) is 5.49. The van der Waals surface area contributed by atoms with Crippen LogP contribution in [0.1, 0.15) is 30.4 Å². The van der Waals surface area contributed by atoms with Crippen molar-refractivity contribution in [3.05, 3.63) is 47.5 Å². The summed E-state index contributed by atoms with van der Waals surface area (Å²) >= 11 is 0. The summed E-state index contributed by atoms with van der Waals surface area (Å²) in [6, 6.07) is 10.6. The first-order valence-corrected chi connectivity index (χ1v) is 8.51. The highest BCUT2D eigenvalue weighted by Gasteiger charge is 2.29. The van der Waals surface area contributed by atoms with Gasteiger partial charge in [0.2, 0.25) is 0 Å². The average molecular weight is 372 g/mol. The summed E-state index contributed by atoms with van der Waals surface area (Å²) in [6.07, 6.45) is 0.195. The van der Waals surface area contributed by atoms with Crippen LogP contribution in [-0.2, 0) is 9.59 Å². The molecule has 3 rings (SSSR count). The predicted octanol–water partition coefficient (Wildman–Crippen LogP) is 3.00. The molecule has 27 heavy (non-hydrogen) atoms. The molecule has 1 heterocycles. The Morgan fingerprint density at radius 1 is 1.19 bits per heavy atom. The molecule has 0 bridgehead atoms. The summed E-state index contributed by atoms with van der Waals surface area (Å²) in [6.45, 7) is 1.91. The summed E-state index contributed by atoms with van der Waals surface area (Å²) in [5, 5.41) is 8.73. The Labute approximate surface area is 156 Å². The second-order valence-electron chi connectivity index (χ2n) is 5.96. The van der Waals surface area contributed by atoms with E-state index in [4.69, 9.17) is 24.1 Å². The largest absolute Gasteiger partial charge is 0.493 e. The van der Waals surface area contributed by atoms with E-state index in [1.165, 1.54) is 6.07 Å². The molecule has 0 aliphatic carbocycles. The van der Waals surface area contributed by atoms with Crippen LogP contribution in [0.2, 0.25) is 0 Å². The maximum atomic E-state index is 12.1. The molecule has 7 nitrogen and oxygen atoms in total. The van der Waals surface area contributed by atoms with E-state index in [1.54, 1.807) is 19.2 Å². The standard InChI is InChI=1S/C20H20O7/c1-3-25-18-8-12(4-7-16(18)24-2)15-10-20(23)27-17-9-13(5-6-14(15)17)26-11-19(21)22/h4-9,15H,3,10-11H2,1-2H3,(H,21,22). The highest BCUT2D eigenvalue weighted by atomic mass is 16.5. The normalized spacial score (nSPS) is 15.5. The molecule has 142 valence electrons. The van der Waals surface area contributed by atoms with Crippen LogP contribution in [0.15, 0.2) is 36.4 Å². The smallest absolute Gasteiger partial charge is 0.341 e.